The third-order valence-corrected chi connectivity index (χ3v) is 4.46. The van der Waals surface area contributed by atoms with Gasteiger partial charge in [0.05, 0.1) is 22.8 Å². The summed E-state index contributed by atoms with van der Waals surface area (Å²) in [7, 11) is 0. The van der Waals surface area contributed by atoms with E-state index in [0.717, 1.165) is 16.1 Å². The van der Waals surface area contributed by atoms with Gasteiger partial charge in [0.15, 0.2) is 0 Å². The second kappa shape index (κ2) is 5.82. The lowest BCUT2D eigenvalue weighted by molar-refractivity contribution is -0.136. The third-order valence-electron chi connectivity index (χ3n) is 2.65. The molecule has 1 aromatic carbocycles. The first kappa shape index (κ1) is 14.2. The van der Waals surface area contributed by atoms with Crippen molar-refractivity contribution in [2.24, 2.45) is 0 Å². The van der Waals surface area contributed by atoms with E-state index in [2.05, 4.69) is 5.32 Å². The van der Waals surface area contributed by atoms with E-state index in [1.165, 1.54) is 11.3 Å². The van der Waals surface area contributed by atoms with Crippen molar-refractivity contribution in [1.29, 1.82) is 0 Å². The quantitative estimate of drug-likeness (QED) is 0.857. The lowest BCUT2D eigenvalue weighted by Gasteiger charge is -2.11. The first-order valence-electron chi connectivity index (χ1n) is 5.49. The van der Waals surface area contributed by atoms with Crippen LogP contribution in [0, 0.1) is 6.92 Å². The Morgan fingerprint density at radius 1 is 1.32 bits per heavy atom. The number of benzene rings is 1. The minimum Gasteiger partial charge on any atom is -0.481 e. The zero-order valence-electron chi connectivity index (χ0n) is 10.0. The predicted molar refractivity (Wildman–Crippen MR) is 80.1 cm³/mol. The maximum atomic E-state index is 10.8. The number of halogens is 2. The summed E-state index contributed by atoms with van der Waals surface area (Å²) in [5, 5.41) is 15.0. The standard InChI is InChI=1S/C13H11Cl2NO2S/c1-7-8(14)2-3-10(13(7)15)16-9-4-5-19-11(9)6-12(17)18/h2-5,16H,6H2,1H3,(H,17,18). The number of aliphatic carboxylic acids is 1. The average Bonchev–Trinajstić information content (AvgIpc) is 2.77. The largest absolute Gasteiger partial charge is 0.481 e. The fourth-order valence-corrected chi connectivity index (χ4v) is 2.87. The molecule has 0 bridgehead atoms. The second-order valence-electron chi connectivity index (χ2n) is 3.99. The number of thiophene rings is 1. The highest BCUT2D eigenvalue weighted by Gasteiger charge is 2.12. The molecular weight excluding hydrogens is 305 g/mol. The van der Waals surface area contributed by atoms with E-state index in [1.54, 1.807) is 12.1 Å². The van der Waals surface area contributed by atoms with Gasteiger partial charge in [0.25, 0.3) is 0 Å². The SMILES string of the molecule is Cc1c(Cl)ccc(Nc2ccsc2CC(=O)O)c1Cl. The molecule has 1 heterocycles. The summed E-state index contributed by atoms with van der Waals surface area (Å²) < 4.78 is 0. The Morgan fingerprint density at radius 2 is 2.05 bits per heavy atom. The molecule has 100 valence electrons. The molecule has 0 atom stereocenters. The van der Waals surface area contributed by atoms with Crippen LogP contribution in [-0.4, -0.2) is 11.1 Å². The van der Waals surface area contributed by atoms with Crippen LogP contribution in [-0.2, 0) is 11.2 Å². The fraction of sp³-hybridized carbons (Fsp3) is 0.154. The number of carboxylic acid groups (broad SMARTS) is 1. The van der Waals surface area contributed by atoms with Crippen LogP contribution in [0.25, 0.3) is 0 Å². The number of nitrogens with one attached hydrogen (secondary N) is 1. The summed E-state index contributed by atoms with van der Waals surface area (Å²) in [6, 6.07) is 5.37. The van der Waals surface area contributed by atoms with E-state index in [9.17, 15) is 4.79 Å². The average molecular weight is 316 g/mol. The molecule has 0 amide bonds. The van der Waals surface area contributed by atoms with Gasteiger partial charge in [-0.1, -0.05) is 23.2 Å². The van der Waals surface area contributed by atoms with Gasteiger partial charge in [0, 0.05) is 9.90 Å². The molecular formula is C13H11Cl2NO2S. The topological polar surface area (TPSA) is 49.3 Å². The fourth-order valence-electron chi connectivity index (χ4n) is 1.63. The Balaban J connectivity index is 2.29. The Labute approximate surface area is 124 Å². The van der Waals surface area contributed by atoms with Gasteiger partial charge in [0.1, 0.15) is 0 Å². The highest BCUT2D eigenvalue weighted by Crippen LogP contribution is 2.34. The molecule has 0 spiro atoms. The van der Waals surface area contributed by atoms with Gasteiger partial charge >= 0.3 is 5.97 Å². The van der Waals surface area contributed by atoms with E-state index < -0.39 is 5.97 Å². The predicted octanol–water partition coefficient (Wildman–Crippen LogP) is 4.73. The van der Waals surface area contributed by atoms with Crippen LogP contribution in [0.15, 0.2) is 23.6 Å². The van der Waals surface area contributed by atoms with E-state index >= 15 is 0 Å². The van der Waals surface area contributed by atoms with Gasteiger partial charge in [-0.15, -0.1) is 11.3 Å². The van der Waals surface area contributed by atoms with Gasteiger partial charge in [-0.25, -0.2) is 0 Å². The molecule has 1 aromatic heterocycles. The van der Waals surface area contributed by atoms with E-state index in [-0.39, 0.29) is 6.42 Å². The second-order valence-corrected chi connectivity index (χ2v) is 5.77. The molecule has 2 rings (SSSR count). The Hall–Kier alpha value is -1.23. The molecule has 0 unspecified atom stereocenters. The van der Waals surface area contributed by atoms with Gasteiger partial charge in [-0.05, 0) is 36.1 Å². The molecule has 0 saturated heterocycles. The van der Waals surface area contributed by atoms with Crippen LogP contribution in [0.3, 0.4) is 0 Å². The van der Waals surface area contributed by atoms with Crippen molar-refractivity contribution >= 4 is 51.9 Å². The van der Waals surface area contributed by atoms with E-state index in [1.807, 2.05) is 18.4 Å². The Bertz CT molecular complexity index is 625. The molecule has 0 saturated carbocycles. The van der Waals surface area contributed by atoms with Gasteiger partial charge in [-0.2, -0.15) is 0 Å². The summed E-state index contributed by atoms with van der Waals surface area (Å²) in [5.74, 6) is -0.858. The summed E-state index contributed by atoms with van der Waals surface area (Å²) in [5.41, 5.74) is 2.27. The molecule has 2 aromatic rings. The summed E-state index contributed by atoms with van der Waals surface area (Å²) in [6.45, 7) is 1.83. The highest BCUT2D eigenvalue weighted by molar-refractivity contribution is 7.10. The molecule has 6 heteroatoms. The van der Waals surface area contributed by atoms with Crippen LogP contribution in [0.5, 0.6) is 0 Å². The monoisotopic (exact) mass is 315 g/mol. The smallest absolute Gasteiger partial charge is 0.308 e. The summed E-state index contributed by atoms with van der Waals surface area (Å²) in [4.78, 5) is 11.5. The van der Waals surface area contributed by atoms with Crippen molar-refractivity contribution in [2.75, 3.05) is 5.32 Å². The number of hydrogen-bond donors (Lipinski definition) is 2. The molecule has 2 N–H and O–H groups in total. The van der Waals surface area contributed by atoms with Crippen LogP contribution in [0.1, 0.15) is 10.4 Å². The minimum absolute atomic E-state index is 0.00973. The molecule has 0 aliphatic carbocycles. The van der Waals surface area contributed by atoms with Gasteiger partial charge in [0.2, 0.25) is 0 Å². The first-order valence-corrected chi connectivity index (χ1v) is 7.12. The van der Waals surface area contributed by atoms with Gasteiger partial charge < -0.3 is 10.4 Å². The molecule has 0 fully saturated rings. The summed E-state index contributed by atoms with van der Waals surface area (Å²) in [6.07, 6.45) is -0.00973. The van der Waals surface area contributed by atoms with Crippen molar-refractivity contribution in [3.05, 3.63) is 44.1 Å². The zero-order chi connectivity index (χ0) is 14.0. The number of hydrogen-bond acceptors (Lipinski definition) is 3. The first-order chi connectivity index (χ1) is 8.99. The van der Waals surface area contributed by atoms with Crippen molar-refractivity contribution in [2.45, 2.75) is 13.3 Å². The van der Waals surface area contributed by atoms with Crippen molar-refractivity contribution < 1.29 is 9.90 Å². The summed E-state index contributed by atoms with van der Waals surface area (Å²) >= 11 is 13.6. The Morgan fingerprint density at radius 3 is 2.74 bits per heavy atom. The van der Waals surface area contributed by atoms with E-state index in [0.29, 0.717) is 15.7 Å². The van der Waals surface area contributed by atoms with Gasteiger partial charge in [-0.3, -0.25) is 4.79 Å². The number of rotatable bonds is 4. The molecule has 0 radical (unpaired) electrons. The van der Waals surface area contributed by atoms with Crippen molar-refractivity contribution in [3.63, 3.8) is 0 Å². The van der Waals surface area contributed by atoms with Crippen LogP contribution < -0.4 is 5.32 Å². The number of carbonyl (C=O) groups is 1. The lowest BCUT2D eigenvalue weighted by atomic mass is 10.2. The van der Waals surface area contributed by atoms with Crippen molar-refractivity contribution in [3.8, 4) is 0 Å². The maximum Gasteiger partial charge on any atom is 0.308 e. The molecule has 0 aliphatic rings. The molecule has 19 heavy (non-hydrogen) atoms. The van der Waals surface area contributed by atoms with Crippen LogP contribution in [0.2, 0.25) is 10.0 Å². The lowest BCUT2D eigenvalue weighted by Crippen LogP contribution is -2.01. The Kier molecular flexibility index (Phi) is 4.34. The van der Waals surface area contributed by atoms with Crippen LogP contribution >= 0.6 is 34.5 Å². The minimum atomic E-state index is -0.858. The van der Waals surface area contributed by atoms with Crippen LogP contribution in [0.4, 0.5) is 11.4 Å². The normalized spacial score (nSPS) is 10.5. The molecule has 0 aliphatic heterocycles. The maximum absolute atomic E-state index is 10.8. The number of anilines is 2. The van der Waals surface area contributed by atoms with Crippen molar-refractivity contribution in [1.82, 2.24) is 0 Å². The number of carboxylic acids is 1. The zero-order valence-corrected chi connectivity index (χ0v) is 12.4. The third kappa shape index (κ3) is 3.21. The highest BCUT2D eigenvalue weighted by atomic mass is 35.5. The molecule has 3 nitrogen and oxygen atoms in total. The van der Waals surface area contributed by atoms with E-state index in [4.69, 9.17) is 28.3 Å².